The first-order valence-corrected chi connectivity index (χ1v) is 13.8. The molecule has 6 heteroatoms. The van der Waals surface area contributed by atoms with Crippen LogP contribution >= 0.6 is 0 Å². The zero-order valence-corrected chi connectivity index (χ0v) is 21.8. The highest BCUT2D eigenvalue weighted by Gasteiger charge is 2.69. The highest BCUT2D eigenvalue weighted by Crippen LogP contribution is 2.69. The van der Waals surface area contributed by atoms with Crippen molar-refractivity contribution in [2.24, 2.45) is 17.3 Å². The molecule has 2 saturated carbocycles. The molecule has 2 heterocycles. The van der Waals surface area contributed by atoms with Gasteiger partial charge in [-0.1, -0.05) is 13.0 Å². The number of aromatic amines is 1. The highest BCUT2D eigenvalue weighted by atomic mass is 16.3. The van der Waals surface area contributed by atoms with E-state index in [1.54, 1.807) is 23.2 Å². The minimum absolute atomic E-state index is 0.0329. The Balaban J connectivity index is 1.44. The molecule has 1 amide bonds. The number of nitrogens with zero attached hydrogens (tertiary/aromatic N) is 2. The predicted octanol–water partition coefficient (Wildman–Crippen LogP) is 4.33. The molecule has 0 spiro atoms. The van der Waals surface area contributed by atoms with E-state index in [1.807, 2.05) is 19.2 Å². The number of phenolic OH excluding ortho intramolecular Hbond substituents is 1. The molecule has 36 heavy (non-hydrogen) atoms. The number of carbonyl (C=O) groups is 1. The number of hydrogen-bond acceptors (Lipinski definition) is 4. The van der Waals surface area contributed by atoms with Gasteiger partial charge in [0.15, 0.2) is 0 Å². The van der Waals surface area contributed by atoms with Crippen LogP contribution in [0, 0.1) is 17.3 Å². The van der Waals surface area contributed by atoms with E-state index in [4.69, 9.17) is 0 Å². The molecule has 6 nitrogen and oxygen atoms in total. The van der Waals surface area contributed by atoms with Gasteiger partial charge in [0.05, 0.1) is 0 Å². The smallest absolute Gasteiger partial charge is 0.260 e. The Morgan fingerprint density at radius 1 is 1.25 bits per heavy atom. The molecule has 5 unspecified atom stereocenters. The number of fused-ring (bicyclic) bond motifs is 1. The molecule has 0 radical (unpaired) electrons. The average molecular weight is 490 g/mol. The Kier molecular flexibility index (Phi) is 5.60. The van der Waals surface area contributed by atoms with Crippen LogP contribution in [-0.4, -0.2) is 58.0 Å². The van der Waals surface area contributed by atoms with Crippen molar-refractivity contribution in [3.8, 4) is 5.75 Å². The maximum atomic E-state index is 13.5. The van der Waals surface area contributed by atoms with Crippen molar-refractivity contribution in [2.45, 2.75) is 76.3 Å². The zero-order chi connectivity index (χ0) is 25.2. The number of piperidine rings is 1. The number of likely N-dealkylation sites (tertiary alicyclic amines) is 1. The van der Waals surface area contributed by atoms with Gasteiger partial charge in [0.1, 0.15) is 11.3 Å². The molecule has 2 bridgehead atoms. The van der Waals surface area contributed by atoms with Crippen LogP contribution in [0.1, 0.15) is 73.9 Å². The topological polar surface area (TPSA) is 76.6 Å². The Morgan fingerprint density at radius 3 is 2.78 bits per heavy atom. The van der Waals surface area contributed by atoms with E-state index in [0.717, 1.165) is 44.6 Å². The van der Waals surface area contributed by atoms with Crippen molar-refractivity contribution < 1.29 is 9.90 Å². The SMILES string of the molecule is CCC12CCC(C(C)N(C)C(=O)c3ccc[nH]c3=O)C13CCN(CC1CC1)C2Cc1ccc(O)cc13. The molecular formula is C30H39N3O3. The summed E-state index contributed by atoms with van der Waals surface area (Å²) in [5.41, 5.74) is 2.59. The van der Waals surface area contributed by atoms with Gasteiger partial charge >= 0.3 is 0 Å². The third kappa shape index (κ3) is 3.26. The molecule has 192 valence electrons. The Hall–Kier alpha value is -2.60. The second-order valence-corrected chi connectivity index (χ2v) is 11.9. The van der Waals surface area contributed by atoms with Gasteiger partial charge in [-0.25, -0.2) is 0 Å². The summed E-state index contributed by atoms with van der Waals surface area (Å²) in [6, 6.07) is 9.84. The lowest BCUT2D eigenvalue weighted by atomic mass is 9.46. The van der Waals surface area contributed by atoms with Gasteiger partial charge in [-0.15, -0.1) is 0 Å². The number of pyridine rings is 1. The zero-order valence-electron chi connectivity index (χ0n) is 21.8. The van der Waals surface area contributed by atoms with Crippen LogP contribution in [0.2, 0.25) is 0 Å². The summed E-state index contributed by atoms with van der Waals surface area (Å²) in [5, 5.41) is 10.6. The predicted molar refractivity (Wildman–Crippen MR) is 140 cm³/mol. The van der Waals surface area contributed by atoms with Crippen molar-refractivity contribution in [3.05, 3.63) is 63.6 Å². The van der Waals surface area contributed by atoms with Crippen LogP contribution in [0.4, 0.5) is 0 Å². The molecule has 6 rings (SSSR count). The lowest BCUT2D eigenvalue weighted by Crippen LogP contribution is -2.67. The minimum atomic E-state index is -0.338. The molecule has 5 atom stereocenters. The van der Waals surface area contributed by atoms with E-state index in [2.05, 4.69) is 29.8 Å². The Bertz CT molecular complexity index is 1240. The molecule has 2 N–H and O–H groups in total. The molecule has 3 fully saturated rings. The number of H-pyrrole nitrogens is 1. The van der Waals surface area contributed by atoms with Crippen LogP contribution in [0.3, 0.4) is 0 Å². The van der Waals surface area contributed by atoms with Crippen LogP contribution in [0.25, 0.3) is 0 Å². The molecule has 4 aliphatic rings. The highest BCUT2D eigenvalue weighted by molar-refractivity contribution is 5.93. The molecular weight excluding hydrogens is 450 g/mol. The second-order valence-electron chi connectivity index (χ2n) is 11.9. The number of carbonyl (C=O) groups excluding carboxylic acids is 1. The largest absolute Gasteiger partial charge is 0.508 e. The summed E-state index contributed by atoms with van der Waals surface area (Å²) in [7, 11) is 1.86. The fourth-order valence-electron chi connectivity index (χ4n) is 8.73. The minimum Gasteiger partial charge on any atom is -0.508 e. The van der Waals surface area contributed by atoms with E-state index in [9.17, 15) is 14.7 Å². The van der Waals surface area contributed by atoms with E-state index < -0.39 is 0 Å². The lowest BCUT2D eigenvalue weighted by molar-refractivity contribution is -0.0760. The van der Waals surface area contributed by atoms with Gasteiger partial charge in [-0.3, -0.25) is 14.5 Å². The fraction of sp³-hybridized carbons (Fsp3) is 0.600. The maximum Gasteiger partial charge on any atom is 0.260 e. The number of phenols is 1. The first-order valence-electron chi connectivity index (χ1n) is 13.8. The summed E-state index contributed by atoms with van der Waals surface area (Å²) in [4.78, 5) is 33.1. The number of aromatic hydroxyl groups is 1. The normalized spacial score (nSPS) is 32.0. The summed E-state index contributed by atoms with van der Waals surface area (Å²) < 4.78 is 0. The molecule has 1 aliphatic heterocycles. The average Bonchev–Trinajstić information content (AvgIpc) is 3.62. The van der Waals surface area contributed by atoms with E-state index in [1.165, 1.54) is 30.5 Å². The number of benzene rings is 1. The summed E-state index contributed by atoms with van der Waals surface area (Å²) in [6.07, 6.45) is 9.71. The quantitative estimate of drug-likeness (QED) is 0.633. The number of amides is 1. The van der Waals surface area contributed by atoms with Crippen LogP contribution < -0.4 is 5.56 Å². The van der Waals surface area contributed by atoms with E-state index in [-0.39, 0.29) is 39.8 Å². The third-order valence-corrected chi connectivity index (χ3v) is 10.7. The molecule has 1 aromatic heterocycles. The standard InChI is InChI=1S/C30H39N3O3/c1-4-29-12-11-24(19(2)32(3)28(36)23-6-5-14-31-27(23)35)30(29)13-15-33(18-20-7-8-20)26(29)16-21-9-10-22(34)17-25(21)30/h5-6,9-10,14,17,19-20,24,26,34H,4,7-8,11-13,15-16,18H2,1-3H3,(H,31,35). The monoisotopic (exact) mass is 489 g/mol. The Labute approximate surface area is 213 Å². The fourth-order valence-corrected chi connectivity index (χ4v) is 8.73. The number of nitrogens with one attached hydrogen (secondary N) is 1. The van der Waals surface area contributed by atoms with Crippen LogP contribution in [0.15, 0.2) is 41.3 Å². The molecule has 2 aromatic rings. The van der Waals surface area contributed by atoms with Gasteiger partial charge in [0, 0.05) is 37.3 Å². The van der Waals surface area contributed by atoms with E-state index in [0.29, 0.717) is 11.8 Å². The Morgan fingerprint density at radius 2 is 2.06 bits per heavy atom. The number of hydrogen-bond donors (Lipinski definition) is 2. The molecule has 1 aromatic carbocycles. The first-order chi connectivity index (χ1) is 17.3. The molecule has 1 saturated heterocycles. The number of rotatable bonds is 6. The third-order valence-electron chi connectivity index (χ3n) is 10.7. The van der Waals surface area contributed by atoms with Gasteiger partial charge in [-0.2, -0.15) is 0 Å². The van der Waals surface area contributed by atoms with E-state index >= 15 is 0 Å². The first kappa shape index (κ1) is 23.8. The van der Waals surface area contributed by atoms with Crippen LogP contribution in [0.5, 0.6) is 5.75 Å². The van der Waals surface area contributed by atoms with Gasteiger partial charge in [0.25, 0.3) is 11.5 Å². The van der Waals surface area contributed by atoms with Gasteiger partial charge in [-0.05, 0) is 111 Å². The second kappa shape index (κ2) is 8.47. The summed E-state index contributed by atoms with van der Waals surface area (Å²) in [5.74, 6) is 1.24. The maximum absolute atomic E-state index is 13.5. The summed E-state index contributed by atoms with van der Waals surface area (Å²) in [6.45, 7) is 6.83. The van der Waals surface area contributed by atoms with Crippen molar-refractivity contribution in [1.29, 1.82) is 0 Å². The van der Waals surface area contributed by atoms with Crippen LogP contribution in [-0.2, 0) is 11.8 Å². The van der Waals surface area contributed by atoms with Crippen molar-refractivity contribution in [1.82, 2.24) is 14.8 Å². The lowest BCUT2D eigenvalue weighted by Gasteiger charge is -2.64. The van der Waals surface area contributed by atoms with Crippen molar-refractivity contribution in [2.75, 3.05) is 20.1 Å². The summed E-state index contributed by atoms with van der Waals surface area (Å²) >= 11 is 0. The van der Waals surface area contributed by atoms with Crippen molar-refractivity contribution >= 4 is 5.91 Å². The van der Waals surface area contributed by atoms with Gasteiger partial charge < -0.3 is 15.0 Å². The molecule has 3 aliphatic carbocycles. The number of aromatic nitrogens is 1. The van der Waals surface area contributed by atoms with Gasteiger partial charge in [0.2, 0.25) is 0 Å². The van der Waals surface area contributed by atoms with Crippen molar-refractivity contribution in [3.63, 3.8) is 0 Å².